The van der Waals surface area contributed by atoms with Crippen LogP contribution in [0.3, 0.4) is 0 Å². The number of nitrogens with zero attached hydrogens (tertiary/aromatic N) is 1. The summed E-state index contributed by atoms with van der Waals surface area (Å²) in [4.78, 5) is 14.9. The first-order valence-corrected chi connectivity index (χ1v) is 7.24. The van der Waals surface area contributed by atoms with E-state index >= 15 is 0 Å². The Labute approximate surface area is 123 Å². The number of carboxylic acid groups (broad SMARTS) is 1. The molecule has 0 aromatic carbocycles. The number of carbonyl (C=O) groups is 1. The van der Waals surface area contributed by atoms with Crippen LogP contribution in [-0.2, 0) is 0 Å². The molecule has 1 saturated carbocycles. The highest BCUT2D eigenvalue weighted by molar-refractivity contribution is 6.33. The van der Waals surface area contributed by atoms with Crippen molar-refractivity contribution in [3.05, 3.63) is 22.8 Å². The van der Waals surface area contributed by atoms with E-state index in [1.165, 1.54) is 6.07 Å². The number of aromatic carboxylic acids is 1. The van der Waals surface area contributed by atoms with Gasteiger partial charge in [-0.1, -0.05) is 37.3 Å². The van der Waals surface area contributed by atoms with Crippen LogP contribution >= 0.6 is 11.6 Å². The number of hydrogen-bond donors (Lipinski definition) is 3. The maximum atomic E-state index is 11.0. The Morgan fingerprint density at radius 2 is 1.95 bits per heavy atom. The number of anilines is 1. The van der Waals surface area contributed by atoms with E-state index in [9.17, 15) is 9.90 Å². The van der Waals surface area contributed by atoms with E-state index in [1.807, 2.05) is 0 Å². The van der Waals surface area contributed by atoms with E-state index in [1.54, 1.807) is 6.07 Å². The van der Waals surface area contributed by atoms with E-state index in [-0.39, 0.29) is 10.7 Å². The van der Waals surface area contributed by atoms with Crippen LogP contribution in [0.1, 0.15) is 49.0 Å². The van der Waals surface area contributed by atoms with Crippen LogP contribution in [0.15, 0.2) is 12.1 Å². The molecule has 1 heterocycles. The fraction of sp³-hybridized carbons (Fsp3) is 0.571. The van der Waals surface area contributed by atoms with Crippen LogP contribution in [0, 0.1) is 0 Å². The van der Waals surface area contributed by atoms with Gasteiger partial charge >= 0.3 is 5.97 Å². The maximum absolute atomic E-state index is 11.0. The van der Waals surface area contributed by atoms with Crippen molar-refractivity contribution < 1.29 is 15.0 Å². The molecule has 0 aliphatic heterocycles. The fourth-order valence-corrected chi connectivity index (χ4v) is 2.70. The van der Waals surface area contributed by atoms with Gasteiger partial charge in [0.1, 0.15) is 5.82 Å². The molecule has 1 aliphatic carbocycles. The molecule has 110 valence electrons. The summed E-state index contributed by atoms with van der Waals surface area (Å²) >= 11 is 5.77. The number of rotatable bonds is 4. The molecule has 0 amide bonds. The van der Waals surface area contributed by atoms with Gasteiger partial charge in [0, 0.05) is 6.54 Å². The van der Waals surface area contributed by atoms with Crippen molar-refractivity contribution >= 4 is 23.4 Å². The van der Waals surface area contributed by atoms with E-state index < -0.39 is 11.6 Å². The first-order chi connectivity index (χ1) is 9.50. The fourth-order valence-electron chi connectivity index (χ4n) is 2.51. The van der Waals surface area contributed by atoms with Crippen molar-refractivity contribution in [2.75, 3.05) is 11.9 Å². The third kappa shape index (κ3) is 3.84. The monoisotopic (exact) mass is 298 g/mol. The number of pyridine rings is 1. The summed E-state index contributed by atoms with van der Waals surface area (Å²) < 4.78 is 0. The Morgan fingerprint density at radius 1 is 1.30 bits per heavy atom. The predicted molar refractivity (Wildman–Crippen MR) is 77.3 cm³/mol. The average molecular weight is 299 g/mol. The molecule has 0 saturated heterocycles. The molecule has 1 aromatic heterocycles. The molecule has 5 nitrogen and oxygen atoms in total. The summed E-state index contributed by atoms with van der Waals surface area (Å²) in [5.41, 5.74) is -0.911. The largest absolute Gasteiger partial charge is 0.476 e. The summed E-state index contributed by atoms with van der Waals surface area (Å²) in [6, 6.07) is 3.12. The van der Waals surface area contributed by atoms with Crippen LogP contribution in [0.5, 0.6) is 0 Å². The lowest BCUT2D eigenvalue weighted by Gasteiger charge is -2.27. The first-order valence-electron chi connectivity index (χ1n) is 6.86. The predicted octanol–water partition coefficient (Wildman–Crippen LogP) is 2.93. The molecule has 1 fully saturated rings. The lowest BCUT2D eigenvalue weighted by atomic mass is 9.94. The standard InChI is InChI=1S/C14H19ClN2O3/c15-10-5-6-11(17-12(10)13(18)19)16-9-14(20)7-3-1-2-4-8-14/h5-6,20H,1-4,7-9H2,(H,16,17)(H,18,19). The van der Waals surface area contributed by atoms with Crippen LogP contribution in [-0.4, -0.2) is 33.3 Å². The van der Waals surface area contributed by atoms with E-state index in [0.29, 0.717) is 12.4 Å². The van der Waals surface area contributed by atoms with Gasteiger partial charge in [-0.15, -0.1) is 0 Å². The third-order valence-electron chi connectivity index (χ3n) is 3.68. The molecule has 6 heteroatoms. The van der Waals surface area contributed by atoms with Gasteiger partial charge in [0.25, 0.3) is 0 Å². The molecular formula is C14H19ClN2O3. The molecule has 0 bridgehead atoms. The van der Waals surface area contributed by atoms with Gasteiger partial charge in [0.15, 0.2) is 5.69 Å². The van der Waals surface area contributed by atoms with Crippen molar-refractivity contribution in [3.63, 3.8) is 0 Å². The summed E-state index contributed by atoms with van der Waals surface area (Å²) in [5.74, 6) is -0.740. The Bertz CT molecular complexity index is 485. The Hall–Kier alpha value is -1.33. The zero-order chi connectivity index (χ0) is 14.6. The maximum Gasteiger partial charge on any atom is 0.356 e. The highest BCUT2D eigenvalue weighted by Crippen LogP contribution is 2.27. The minimum Gasteiger partial charge on any atom is -0.476 e. The van der Waals surface area contributed by atoms with Gasteiger partial charge < -0.3 is 15.5 Å². The molecular weight excluding hydrogens is 280 g/mol. The summed E-state index contributed by atoms with van der Waals surface area (Å²) in [6.07, 6.45) is 5.88. The second-order valence-electron chi connectivity index (χ2n) is 5.32. The molecule has 0 unspecified atom stereocenters. The van der Waals surface area contributed by atoms with Gasteiger partial charge in [-0.2, -0.15) is 0 Å². The molecule has 1 aromatic rings. The van der Waals surface area contributed by atoms with E-state index in [2.05, 4.69) is 10.3 Å². The molecule has 0 atom stereocenters. The van der Waals surface area contributed by atoms with Crippen molar-refractivity contribution in [2.45, 2.75) is 44.1 Å². The number of halogens is 1. The second kappa shape index (κ2) is 6.41. The van der Waals surface area contributed by atoms with Gasteiger partial charge in [-0.3, -0.25) is 0 Å². The topological polar surface area (TPSA) is 82.5 Å². The summed E-state index contributed by atoms with van der Waals surface area (Å²) in [6.45, 7) is 0.376. The minimum absolute atomic E-state index is 0.108. The van der Waals surface area contributed by atoms with Crippen molar-refractivity contribution in [1.29, 1.82) is 0 Å². The van der Waals surface area contributed by atoms with Gasteiger partial charge in [0.2, 0.25) is 0 Å². The van der Waals surface area contributed by atoms with E-state index in [4.69, 9.17) is 16.7 Å². The number of aromatic nitrogens is 1. The van der Waals surface area contributed by atoms with Crippen molar-refractivity contribution in [1.82, 2.24) is 4.98 Å². The third-order valence-corrected chi connectivity index (χ3v) is 3.99. The molecule has 20 heavy (non-hydrogen) atoms. The van der Waals surface area contributed by atoms with Crippen LogP contribution in [0.4, 0.5) is 5.82 Å². The summed E-state index contributed by atoms with van der Waals surface area (Å²) in [5, 5.41) is 22.6. The molecule has 2 rings (SSSR count). The highest BCUT2D eigenvalue weighted by atomic mass is 35.5. The van der Waals surface area contributed by atoms with Crippen LogP contribution in [0.25, 0.3) is 0 Å². The quantitative estimate of drug-likeness (QED) is 0.745. The zero-order valence-corrected chi connectivity index (χ0v) is 12.0. The molecule has 0 spiro atoms. The molecule has 3 N–H and O–H groups in total. The van der Waals surface area contributed by atoms with Gasteiger partial charge in [0.05, 0.1) is 10.6 Å². The summed E-state index contributed by atoms with van der Waals surface area (Å²) in [7, 11) is 0. The number of nitrogens with one attached hydrogen (secondary N) is 1. The van der Waals surface area contributed by atoms with Crippen molar-refractivity contribution in [2.24, 2.45) is 0 Å². The van der Waals surface area contributed by atoms with E-state index in [0.717, 1.165) is 38.5 Å². The van der Waals surface area contributed by atoms with Crippen LogP contribution in [0.2, 0.25) is 5.02 Å². The van der Waals surface area contributed by atoms with Gasteiger partial charge in [-0.25, -0.2) is 9.78 Å². The SMILES string of the molecule is O=C(O)c1nc(NCC2(O)CCCCCC2)ccc1Cl. The molecule has 0 radical (unpaired) electrons. The Balaban J connectivity index is 2.03. The smallest absolute Gasteiger partial charge is 0.356 e. The first kappa shape index (κ1) is 15.1. The highest BCUT2D eigenvalue weighted by Gasteiger charge is 2.27. The second-order valence-corrected chi connectivity index (χ2v) is 5.73. The molecule has 1 aliphatic rings. The number of hydrogen-bond acceptors (Lipinski definition) is 4. The van der Waals surface area contributed by atoms with Crippen LogP contribution < -0.4 is 5.32 Å². The lowest BCUT2D eigenvalue weighted by molar-refractivity contribution is 0.0380. The number of aliphatic hydroxyl groups is 1. The van der Waals surface area contributed by atoms with Crippen molar-refractivity contribution in [3.8, 4) is 0 Å². The minimum atomic E-state index is -1.16. The zero-order valence-electron chi connectivity index (χ0n) is 11.2. The average Bonchev–Trinajstić information content (AvgIpc) is 2.63. The Morgan fingerprint density at radius 3 is 2.55 bits per heavy atom. The van der Waals surface area contributed by atoms with Gasteiger partial charge in [-0.05, 0) is 25.0 Å². The number of carboxylic acids is 1. The Kier molecular flexibility index (Phi) is 4.83. The normalized spacial score (nSPS) is 18.3. The lowest BCUT2D eigenvalue weighted by Crippen LogP contribution is -2.36.